The summed E-state index contributed by atoms with van der Waals surface area (Å²) in [6.45, 7) is 5.09. The maximum atomic E-state index is 11.3. The van der Waals surface area contributed by atoms with Crippen LogP contribution in [0, 0.1) is 5.92 Å². The molecule has 0 aromatic heterocycles. The number of fused-ring (bicyclic) bond motifs is 1. The van der Waals surface area contributed by atoms with E-state index in [1.807, 2.05) is 0 Å². The summed E-state index contributed by atoms with van der Waals surface area (Å²) >= 11 is 0. The molecule has 1 saturated carbocycles. The largest absolute Gasteiger partial charge is 0.368 e. The van der Waals surface area contributed by atoms with E-state index in [1.165, 1.54) is 32.1 Å². The molecule has 0 spiro atoms. The van der Waals surface area contributed by atoms with E-state index in [4.69, 9.17) is 11.5 Å². The van der Waals surface area contributed by atoms with Crippen molar-refractivity contribution in [3.63, 3.8) is 0 Å². The Hall–Kier alpha value is -0.610. The summed E-state index contributed by atoms with van der Waals surface area (Å²) in [6, 6.07) is 1.07. The minimum absolute atomic E-state index is 0.346. The van der Waals surface area contributed by atoms with Crippen molar-refractivity contribution < 1.29 is 4.79 Å². The number of amides is 1. The number of nitrogens with two attached hydrogens (primary N) is 2. The Morgan fingerprint density at radius 1 is 1.39 bits per heavy atom. The van der Waals surface area contributed by atoms with Crippen LogP contribution >= 0.6 is 0 Å². The van der Waals surface area contributed by atoms with Gasteiger partial charge in [0.1, 0.15) is 0 Å². The third-order valence-corrected chi connectivity index (χ3v) is 4.88. The van der Waals surface area contributed by atoms with Crippen LogP contribution in [0.25, 0.3) is 0 Å². The normalized spacial score (nSPS) is 33.7. The average Bonchev–Trinajstić information content (AvgIpc) is 2.75. The summed E-state index contributed by atoms with van der Waals surface area (Å²) in [6.07, 6.45) is 7.36. The number of carbonyl (C=O) groups excluding carboxylic acids is 1. The van der Waals surface area contributed by atoms with Gasteiger partial charge in [0.2, 0.25) is 5.91 Å². The molecule has 2 rings (SSSR count). The SMILES string of the molecule is CC(CC(C)(N)C(N)=O)N1CCCC2CCCC21. The Bertz CT molecular complexity index is 316. The summed E-state index contributed by atoms with van der Waals surface area (Å²) < 4.78 is 0. The van der Waals surface area contributed by atoms with E-state index in [0.717, 1.165) is 18.5 Å². The first kappa shape index (κ1) is 13.8. The second-order valence-corrected chi connectivity index (χ2v) is 6.47. The van der Waals surface area contributed by atoms with Crippen molar-refractivity contribution in [2.45, 2.75) is 70.0 Å². The lowest BCUT2D eigenvalue weighted by Gasteiger charge is -2.43. The minimum Gasteiger partial charge on any atom is -0.368 e. The number of nitrogens with zero attached hydrogens (tertiary/aromatic N) is 1. The number of hydrogen-bond acceptors (Lipinski definition) is 3. The van der Waals surface area contributed by atoms with E-state index < -0.39 is 11.4 Å². The van der Waals surface area contributed by atoms with E-state index in [2.05, 4.69) is 11.8 Å². The predicted molar refractivity (Wildman–Crippen MR) is 72.9 cm³/mol. The van der Waals surface area contributed by atoms with Gasteiger partial charge in [-0.25, -0.2) is 0 Å². The van der Waals surface area contributed by atoms with Gasteiger partial charge in [-0.3, -0.25) is 9.69 Å². The summed E-state index contributed by atoms with van der Waals surface area (Å²) in [7, 11) is 0. The molecule has 4 atom stereocenters. The Labute approximate surface area is 110 Å². The highest BCUT2D eigenvalue weighted by atomic mass is 16.1. The molecule has 1 amide bonds. The second kappa shape index (κ2) is 5.17. The third-order valence-electron chi connectivity index (χ3n) is 4.88. The summed E-state index contributed by atoms with van der Waals surface area (Å²) in [5.74, 6) is 0.480. The topological polar surface area (TPSA) is 72.3 Å². The lowest BCUT2D eigenvalue weighted by atomic mass is 9.87. The van der Waals surface area contributed by atoms with E-state index in [1.54, 1.807) is 6.92 Å². The van der Waals surface area contributed by atoms with Crippen LogP contribution in [-0.4, -0.2) is 35.0 Å². The first-order valence-electron chi connectivity index (χ1n) is 7.26. The highest BCUT2D eigenvalue weighted by Crippen LogP contribution is 2.38. The summed E-state index contributed by atoms with van der Waals surface area (Å²) in [4.78, 5) is 13.9. The lowest BCUT2D eigenvalue weighted by molar-refractivity contribution is -0.123. The number of carbonyl (C=O) groups is 1. The molecule has 2 aliphatic rings. The fourth-order valence-electron chi connectivity index (χ4n) is 3.87. The highest BCUT2D eigenvalue weighted by Gasteiger charge is 2.39. The van der Waals surface area contributed by atoms with Gasteiger partial charge < -0.3 is 11.5 Å². The second-order valence-electron chi connectivity index (χ2n) is 6.47. The molecule has 1 aliphatic heterocycles. The minimum atomic E-state index is -0.884. The number of rotatable bonds is 4. The van der Waals surface area contributed by atoms with Gasteiger partial charge in [-0.05, 0) is 58.4 Å². The zero-order chi connectivity index (χ0) is 13.3. The Morgan fingerprint density at radius 3 is 2.72 bits per heavy atom. The van der Waals surface area contributed by atoms with Crippen molar-refractivity contribution in [1.29, 1.82) is 0 Å². The van der Waals surface area contributed by atoms with Crippen LogP contribution in [0.15, 0.2) is 0 Å². The zero-order valence-corrected chi connectivity index (χ0v) is 11.7. The Balaban J connectivity index is 1.99. The van der Waals surface area contributed by atoms with Crippen LogP contribution in [-0.2, 0) is 4.79 Å². The van der Waals surface area contributed by atoms with Gasteiger partial charge in [-0.15, -0.1) is 0 Å². The predicted octanol–water partition coefficient (Wildman–Crippen LogP) is 1.23. The summed E-state index contributed by atoms with van der Waals surface area (Å²) in [5.41, 5.74) is 10.5. The van der Waals surface area contributed by atoms with Gasteiger partial charge in [0.05, 0.1) is 5.54 Å². The van der Waals surface area contributed by atoms with Crippen molar-refractivity contribution in [2.24, 2.45) is 17.4 Å². The number of piperidine rings is 1. The average molecular weight is 253 g/mol. The highest BCUT2D eigenvalue weighted by molar-refractivity contribution is 5.83. The Kier molecular flexibility index (Phi) is 3.97. The van der Waals surface area contributed by atoms with Crippen molar-refractivity contribution in [3.8, 4) is 0 Å². The molecule has 104 valence electrons. The first-order valence-corrected chi connectivity index (χ1v) is 7.26. The Morgan fingerprint density at radius 2 is 2.06 bits per heavy atom. The van der Waals surface area contributed by atoms with Crippen molar-refractivity contribution in [1.82, 2.24) is 4.90 Å². The molecule has 0 aromatic carbocycles. The van der Waals surface area contributed by atoms with Crippen LogP contribution in [0.3, 0.4) is 0 Å². The van der Waals surface area contributed by atoms with E-state index >= 15 is 0 Å². The van der Waals surface area contributed by atoms with Gasteiger partial charge >= 0.3 is 0 Å². The molecule has 0 radical (unpaired) electrons. The molecule has 1 saturated heterocycles. The van der Waals surface area contributed by atoms with Crippen LogP contribution < -0.4 is 11.5 Å². The lowest BCUT2D eigenvalue weighted by Crippen LogP contribution is -2.56. The maximum Gasteiger partial charge on any atom is 0.237 e. The fourth-order valence-corrected chi connectivity index (χ4v) is 3.87. The molecular weight excluding hydrogens is 226 g/mol. The molecule has 2 fully saturated rings. The van der Waals surface area contributed by atoms with E-state index in [9.17, 15) is 4.79 Å². The van der Waals surface area contributed by atoms with E-state index in [-0.39, 0.29) is 0 Å². The van der Waals surface area contributed by atoms with Gasteiger partial charge in [-0.1, -0.05) is 6.42 Å². The molecule has 18 heavy (non-hydrogen) atoms. The molecule has 1 heterocycles. The first-order chi connectivity index (χ1) is 8.42. The smallest absolute Gasteiger partial charge is 0.237 e. The van der Waals surface area contributed by atoms with Crippen molar-refractivity contribution in [2.75, 3.05) is 6.54 Å². The van der Waals surface area contributed by atoms with Crippen LogP contribution in [0.1, 0.15) is 52.4 Å². The van der Waals surface area contributed by atoms with Gasteiger partial charge in [0.25, 0.3) is 0 Å². The van der Waals surface area contributed by atoms with E-state index in [0.29, 0.717) is 12.5 Å². The van der Waals surface area contributed by atoms with Crippen LogP contribution in [0.5, 0.6) is 0 Å². The molecule has 4 unspecified atom stereocenters. The molecule has 0 bridgehead atoms. The summed E-state index contributed by atoms with van der Waals surface area (Å²) in [5, 5.41) is 0. The van der Waals surface area contributed by atoms with Gasteiger partial charge in [0, 0.05) is 12.1 Å². The van der Waals surface area contributed by atoms with Gasteiger partial charge in [-0.2, -0.15) is 0 Å². The van der Waals surface area contributed by atoms with Crippen molar-refractivity contribution >= 4 is 5.91 Å². The monoisotopic (exact) mass is 253 g/mol. The third kappa shape index (κ3) is 2.69. The van der Waals surface area contributed by atoms with Gasteiger partial charge in [0.15, 0.2) is 0 Å². The number of likely N-dealkylation sites (tertiary alicyclic amines) is 1. The molecule has 4 heteroatoms. The quantitative estimate of drug-likeness (QED) is 0.791. The van der Waals surface area contributed by atoms with Crippen LogP contribution in [0.2, 0.25) is 0 Å². The molecule has 0 aromatic rings. The molecular formula is C14H27N3O. The van der Waals surface area contributed by atoms with Crippen molar-refractivity contribution in [3.05, 3.63) is 0 Å². The fraction of sp³-hybridized carbons (Fsp3) is 0.929. The van der Waals surface area contributed by atoms with Crippen LogP contribution in [0.4, 0.5) is 0 Å². The standard InChI is InChI=1S/C14H27N3O/c1-10(9-14(2,16)13(15)18)17-8-4-6-11-5-3-7-12(11)17/h10-12H,3-9,16H2,1-2H3,(H2,15,18). The molecule has 1 aliphatic carbocycles. The number of primary amides is 1. The molecule has 4 N–H and O–H groups in total. The maximum absolute atomic E-state index is 11.3. The number of hydrogen-bond donors (Lipinski definition) is 2. The molecule has 4 nitrogen and oxygen atoms in total. The zero-order valence-electron chi connectivity index (χ0n) is 11.7.